The molecule has 3 nitrogen and oxygen atoms in total. The number of carbonyl (C=O) groups excluding carboxylic acids is 1. The van der Waals surface area contributed by atoms with Gasteiger partial charge in [0.25, 0.3) is 5.91 Å². The molecule has 0 aliphatic carbocycles. The van der Waals surface area contributed by atoms with Crippen LogP contribution in [0.5, 0.6) is 0 Å². The molecule has 2 rings (SSSR count). The van der Waals surface area contributed by atoms with Gasteiger partial charge in [-0.05, 0) is 40.2 Å². The van der Waals surface area contributed by atoms with E-state index in [4.69, 9.17) is 5.73 Å². The van der Waals surface area contributed by atoms with Gasteiger partial charge in [-0.25, -0.2) is 8.78 Å². The van der Waals surface area contributed by atoms with Crippen LogP contribution in [0.3, 0.4) is 0 Å². The summed E-state index contributed by atoms with van der Waals surface area (Å²) >= 11 is 3.17. The normalized spacial score (nSPS) is 10.3. The second-order valence-corrected chi connectivity index (χ2v) is 4.56. The topological polar surface area (TPSA) is 55.1 Å². The first kappa shape index (κ1) is 13.5. The van der Waals surface area contributed by atoms with E-state index in [0.29, 0.717) is 10.2 Å². The highest BCUT2D eigenvalue weighted by Gasteiger charge is 2.15. The zero-order valence-electron chi connectivity index (χ0n) is 9.58. The summed E-state index contributed by atoms with van der Waals surface area (Å²) in [4.78, 5) is 12.0. The quantitative estimate of drug-likeness (QED) is 0.829. The number of hydrogen-bond donors (Lipinski definition) is 2. The molecule has 2 aromatic rings. The van der Waals surface area contributed by atoms with Gasteiger partial charge in [0.15, 0.2) is 11.6 Å². The highest BCUT2D eigenvalue weighted by atomic mass is 79.9. The number of benzene rings is 2. The highest BCUT2D eigenvalue weighted by Crippen LogP contribution is 2.25. The van der Waals surface area contributed by atoms with E-state index in [2.05, 4.69) is 21.2 Å². The minimum absolute atomic E-state index is 0.223. The number of nitrogens with two attached hydrogens (primary N) is 1. The Bertz CT molecular complexity index is 647. The Morgan fingerprint density at radius 1 is 1.16 bits per heavy atom. The van der Waals surface area contributed by atoms with Crippen molar-refractivity contribution in [3.05, 3.63) is 58.1 Å². The lowest BCUT2D eigenvalue weighted by molar-refractivity contribution is 0.102. The van der Waals surface area contributed by atoms with Crippen molar-refractivity contribution in [2.24, 2.45) is 0 Å². The maximum atomic E-state index is 13.4. The molecule has 98 valence electrons. The summed E-state index contributed by atoms with van der Waals surface area (Å²) < 4.78 is 26.9. The van der Waals surface area contributed by atoms with Gasteiger partial charge in [0, 0.05) is 5.69 Å². The van der Waals surface area contributed by atoms with Crippen LogP contribution in [-0.2, 0) is 0 Å². The summed E-state index contributed by atoms with van der Waals surface area (Å²) in [6, 6.07) is 8.29. The first-order valence-corrected chi connectivity index (χ1v) is 6.09. The van der Waals surface area contributed by atoms with E-state index in [0.717, 1.165) is 6.07 Å². The zero-order chi connectivity index (χ0) is 14.0. The van der Waals surface area contributed by atoms with Crippen LogP contribution in [0.2, 0.25) is 0 Å². The Kier molecular flexibility index (Phi) is 3.80. The molecule has 0 spiro atoms. The Morgan fingerprint density at radius 3 is 2.58 bits per heavy atom. The highest BCUT2D eigenvalue weighted by molar-refractivity contribution is 9.10. The first-order valence-electron chi connectivity index (χ1n) is 5.30. The minimum Gasteiger partial charge on any atom is -0.398 e. The van der Waals surface area contributed by atoms with Gasteiger partial charge in [0.05, 0.1) is 15.7 Å². The maximum absolute atomic E-state index is 13.4. The minimum atomic E-state index is -1.10. The number of amides is 1. The second kappa shape index (κ2) is 5.36. The van der Waals surface area contributed by atoms with E-state index in [1.165, 1.54) is 18.2 Å². The number of halogens is 3. The molecule has 0 heterocycles. The summed E-state index contributed by atoms with van der Waals surface area (Å²) in [6.45, 7) is 0. The third kappa shape index (κ3) is 2.73. The first-order chi connectivity index (χ1) is 9.00. The third-order valence-electron chi connectivity index (χ3n) is 2.47. The zero-order valence-corrected chi connectivity index (χ0v) is 11.2. The lowest BCUT2D eigenvalue weighted by atomic mass is 10.2. The van der Waals surface area contributed by atoms with Crippen LogP contribution >= 0.6 is 15.9 Å². The molecule has 0 aromatic heterocycles. The van der Waals surface area contributed by atoms with Gasteiger partial charge in [0.2, 0.25) is 0 Å². The van der Waals surface area contributed by atoms with Crippen molar-refractivity contribution >= 4 is 33.2 Å². The van der Waals surface area contributed by atoms with E-state index in [1.54, 1.807) is 12.1 Å². The fourth-order valence-corrected chi connectivity index (χ4v) is 1.96. The van der Waals surface area contributed by atoms with E-state index in [-0.39, 0.29) is 11.3 Å². The maximum Gasteiger partial charge on any atom is 0.256 e. The van der Waals surface area contributed by atoms with Gasteiger partial charge in [-0.3, -0.25) is 4.79 Å². The molecule has 0 radical (unpaired) electrons. The van der Waals surface area contributed by atoms with Crippen molar-refractivity contribution in [2.75, 3.05) is 11.1 Å². The van der Waals surface area contributed by atoms with Crippen molar-refractivity contribution in [3.8, 4) is 0 Å². The number of hydrogen-bond acceptors (Lipinski definition) is 2. The van der Waals surface area contributed by atoms with Crippen LogP contribution in [-0.4, -0.2) is 5.91 Å². The number of anilines is 2. The average molecular weight is 327 g/mol. The molecule has 0 aliphatic heterocycles. The number of nitrogen functional groups attached to an aromatic ring is 1. The molecule has 0 saturated heterocycles. The van der Waals surface area contributed by atoms with Crippen LogP contribution in [0.1, 0.15) is 10.4 Å². The molecule has 3 N–H and O–H groups in total. The van der Waals surface area contributed by atoms with Crippen LogP contribution < -0.4 is 11.1 Å². The number of nitrogens with one attached hydrogen (secondary N) is 1. The number of carbonyl (C=O) groups is 1. The Hall–Kier alpha value is -1.95. The monoisotopic (exact) mass is 326 g/mol. The second-order valence-electron chi connectivity index (χ2n) is 3.76. The van der Waals surface area contributed by atoms with E-state index in [9.17, 15) is 13.6 Å². The molecular formula is C13H9BrF2N2O. The van der Waals surface area contributed by atoms with Gasteiger partial charge < -0.3 is 11.1 Å². The predicted octanol–water partition coefficient (Wildman–Crippen LogP) is 3.56. The summed E-state index contributed by atoms with van der Waals surface area (Å²) in [7, 11) is 0. The molecule has 0 bridgehead atoms. The van der Waals surface area contributed by atoms with Crippen molar-refractivity contribution in [1.82, 2.24) is 0 Å². The lowest BCUT2D eigenvalue weighted by Crippen LogP contribution is -2.14. The fourth-order valence-electron chi connectivity index (χ4n) is 1.52. The van der Waals surface area contributed by atoms with Crippen molar-refractivity contribution in [1.29, 1.82) is 0 Å². The van der Waals surface area contributed by atoms with E-state index in [1.807, 2.05) is 0 Å². The van der Waals surface area contributed by atoms with E-state index < -0.39 is 17.5 Å². The van der Waals surface area contributed by atoms with Crippen LogP contribution in [0, 0.1) is 11.6 Å². The van der Waals surface area contributed by atoms with Crippen LogP contribution in [0.15, 0.2) is 40.9 Å². The van der Waals surface area contributed by atoms with Crippen molar-refractivity contribution < 1.29 is 13.6 Å². The molecule has 0 fully saturated rings. The molecule has 0 unspecified atom stereocenters. The fraction of sp³-hybridized carbons (Fsp3) is 0. The third-order valence-corrected chi connectivity index (χ3v) is 3.36. The molecule has 0 saturated carbocycles. The Labute approximate surface area is 116 Å². The van der Waals surface area contributed by atoms with Gasteiger partial charge in [-0.15, -0.1) is 0 Å². The summed E-state index contributed by atoms with van der Waals surface area (Å²) in [5.41, 5.74) is 6.04. The predicted molar refractivity (Wildman–Crippen MR) is 72.9 cm³/mol. The van der Waals surface area contributed by atoms with Crippen LogP contribution in [0.25, 0.3) is 0 Å². The smallest absolute Gasteiger partial charge is 0.256 e. The van der Waals surface area contributed by atoms with Gasteiger partial charge >= 0.3 is 0 Å². The summed E-state index contributed by atoms with van der Waals surface area (Å²) in [5, 5.41) is 2.30. The van der Waals surface area contributed by atoms with E-state index >= 15 is 0 Å². The average Bonchev–Trinajstić information content (AvgIpc) is 2.38. The molecule has 0 aliphatic rings. The summed E-state index contributed by atoms with van der Waals surface area (Å²) in [6.07, 6.45) is 0. The largest absolute Gasteiger partial charge is 0.398 e. The lowest BCUT2D eigenvalue weighted by Gasteiger charge is -2.09. The molecule has 19 heavy (non-hydrogen) atoms. The standard InChI is InChI=1S/C13H9BrF2N2O/c14-11-7(3-1-5-9(11)17)13(19)18-10-6-2-4-8(15)12(10)16/h1-6H,17H2,(H,18,19). The van der Waals surface area contributed by atoms with Crippen molar-refractivity contribution in [3.63, 3.8) is 0 Å². The Morgan fingerprint density at radius 2 is 1.84 bits per heavy atom. The van der Waals surface area contributed by atoms with Gasteiger partial charge in [-0.2, -0.15) is 0 Å². The number of rotatable bonds is 2. The molecule has 6 heteroatoms. The summed E-state index contributed by atoms with van der Waals surface area (Å²) in [5.74, 6) is -2.70. The molecule has 0 atom stereocenters. The Balaban J connectivity index is 2.31. The SMILES string of the molecule is Nc1cccc(C(=O)Nc2cccc(F)c2F)c1Br. The van der Waals surface area contributed by atoms with Gasteiger partial charge in [-0.1, -0.05) is 12.1 Å². The molecular weight excluding hydrogens is 318 g/mol. The van der Waals surface area contributed by atoms with Gasteiger partial charge in [0.1, 0.15) is 0 Å². The molecule has 1 amide bonds. The molecule has 2 aromatic carbocycles. The van der Waals surface area contributed by atoms with Crippen LogP contribution in [0.4, 0.5) is 20.2 Å². The van der Waals surface area contributed by atoms with Crippen molar-refractivity contribution in [2.45, 2.75) is 0 Å².